The van der Waals surface area contributed by atoms with Crippen molar-refractivity contribution in [1.29, 1.82) is 0 Å². The summed E-state index contributed by atoms with van der Waals surface area (Å²) in [5, 5.41) is 3.47. The van der Waals surface area contributed by atoms with Gasteiger partial charge in [0.1, 0.15) is 0 Å². The van der Waals surface area contributed by atoms with E-state index in [0.29, 0.717) is 39.9 Å². The van der Waals surface area contributed by atoms with E-state index in [4.69, 9.17) is 21.1 Å². The summed E-state index contributed by atoms with van der Waals surface area (Å²) >= 11 is 7.41. The second-order valence-corrected chi connectivity index (χ2v) is 7.01. The number of rotatable bonds is 6. The number of carbonyl (C=O) groups is 2. The first kappa shape index (κ1) is 17.6. The Labute approximate surface area is 154 Å². The van der Waals surface area contributed by atoms with E-state index in [-0.39, 0.29) is 18.5 Å². The second-order valence-electron chi connectivity index (χ2n) is 5.41. The predicted octanol–water partition coefficient (Wildman–Crippen LogP) is 4.39. The molecule has 0 aromatic heterocycles. The molecular weight excluding hydrogens is 362 g/mol. The van der Waals surface area contributed by atoms with Gasteiger partial charge in [-0.05, 0) is 37.3 Å². The van der Waals surface area contributed by atoms with E-state index in [9.17, 15) is 9.59 Å². The lowest BCUT2D eigenvalue weighted by Crippen LogP contribution is -2.14. The summed E-state index contributed by atoms with van der Waals surface area (Å²) in [7, 11) is 0. The minimum absolute atomic E-state index is 0.113. The van der Waals surface area contributed by atoms with Gasteiger partial charge in [-0.25, -0.2) is 0 Å². The first-order valence-electron chi connectivity index (χ1n) is 7.66. The average molecular weight is 378 g/mol. The summed E-state index contributed by atoms with van der Waals surface area (Å²) in [6.07, 6.45) is 0.319. The van der Waals surface area contributed by atoms with Gasteiger partial charge in [0.25, 0.3) is 0 Å². The fourth-order valence-corrected chi connectivity index (χ4v) is 3.32. The molecule has 0 atom stereocenters. The molecule has 3 rings (SSSR count). The van der Waals surface area contributed by atoms with Crippen molar-refractivity contribution >= 4 is 40.7 Å². The Balaban J connectivity index is 1.60. The van der Waals surface area contributed by atoms with Gasteiger partial charge in [0.15, 0.2) is 17.3 Å². The van der Waals surface area contributed by atoms with E-state index >= 15 is 0 Å². The molecule has 0 saturated heterocycles. The number of nitrogens with one attached hydrogen (secondary N) is 1. The number of halogens is 1. The number of amides is 1. The Bertz CT molecular complexity index is 807. The molecule has 5 nitrogen and oxygen atoms in total. The zero-order valence-corrected chi connectivity index (χ0v) is 15.1. The Kier molecular flexibility index (Phi) is 5.50. The number of benzene rings is 2. The van der Waals surface area contributed by atoms with Gasteiger partial charge in [0.2, 0.25) is 12.7 Å². The number of hydrogen-bond donors (Lipinski definition) is 1. The predicted molar refractivity (Wildman–Crippen MR) is 98.0 cm³/mol. The molecule has 1 aliphatic rings. The molecule has 0 spiro atoms. The number of ether oxygens (including phenoxy) is 2. The van der Waals surface area contributed by atoms with Crippen molar-refractivity contribution in [2.45, 2.75) is 18.2 Å². The van der Waals surface area contributed by atoms with Gasteiger partial charge in [-0.2, -0.15) is 0 Å². The van der Waals surface area contributed by atoms with E-state index in [2.05, 4.69) is 5.32 Å². The average Bonchev–Trinajstić information content (AvgIpc) is 3.03. The third kappa shape index (κ3) is 4.46. The number of ketones is 1. The highest BCUT2D eigenvalue weighted by Gasteiger charge is 2.20. The van der Waals surface area contributed by atoms with Crippen molar-refractivity contribution in [2.75, 3.05) is 17.9 Å². The van der Waals surface area contributed by atoms with Gasteiger partial charge < -0.3 is 14.8 Å². The van der Waals surface area contributed by atoms with Crippen LogP contribution in [0, 0.1) is 0 Å². The Hall–Kier alpha value is -2.18. The summed E-state index contributed by atoms with van der Waals surface area (Å²) in [6, 6.07) is 10.7. The number of Topliss-reactive ketones (excluding diaryl/α,β-unsaturated/α-hetero) is 1. The van der Waals surface area contributed by atoms with Crippen molar-refractivity contribution in [3.8, 4) is 11.5 Å². The first-order chi connectivity index (χ1) is 12.0. The molecule has 2 aromatic carbocycles. The van der Waals surface area contributed by atoms with Crippen molar-refractivity contribution in [3.05, 3.63) is 47.0 Å². The summed E-state index contributed by atoms with van der Waals surface area (Å²) in [4.78, 5) is 25.1. The maximum Gasteiger partial charge on any atom is 0.231 e. The van der Waals surface area contributed by atoms with Crippen LogP contribution in [0.5, 0.6) is 11.5 Å². The van der Waals surface area contributed by atoms with E-state index in [1.54, 1.807) is 23.9 Å². The molecule has 1 heterocycles. The molecule has 1 amide bonds. The lowest BCUT2D eigenvalue weighted by molar-refractivity contribution is -0.115. The molecule has 1 N–H and O–H groups in total. The van der Waals surface area contributed by atoms with Crippen molar-refractivity contribution in [2.24, 2.45) is 0 Å². The molecule has 7 heteroatoms. The smallest absolute Gasteiger partial charge is 0.231 e. The number of anilines is 1. The molecule has 1 aliphatic heterocycles. The van der Waals surface area contributed by atoms with Gasteiger partial charge in [0, 0.05) is 33.7 Å². The summed E-state index contributed by atoms with van der Waals surface area (Å²) < 4.78 is 10.6. The van der Waals surface area contributed by atoms with Crippen molar-refractivity contribution < 1.29 is 19.1 Å². The number of carbonyl (C=O) groups excluding carboxylic acids is 2. The van der Waals surface area contributed by atoms with Crippen LogP contribution in [0.25, 0.3) is 0 Å². The summed E-state index contributed by atoms with van der Waals surface area (Å²) in [5.41, 5.74) is 0.848. The van der Waals surface area contributed by atoms with E-state index in [0.717, 1.165) is 4.90 Å². The van der Waals surface area contributed by atoms with Crippen LogP contribution >= 0.6 is 23.4 Å². The molecule has 0 radical (unpaired) electrons. The highest BCUT2D eigenvalue weighted by Crippen LogP contribution is 2.37. The van der Waals surface area contributed by atoms with Gasteiger partial charge in [-0.15, -0.1) is 11.8 Å². The van der Waals surface area contributed by atoms with Gasteiger partial charge in [0.05, 0.1) is 5.69 Å². The number of fused-ring (bicyclic) bond motifs is 1. The van der Waals surface area contributed by atoms with Crippen LogP contribution in [0.1, 0.15) is 23.7 Å². The van der Waals surface area contributed by atoms with Crippen LogP contribution in [0.4, 0.5) is 5.69 Å². The lowest BCUT2D eigenvalue weighted by Gasteiger charge is -2.10. The monoisotopic (exact) mass is 377 g/mol. The van der Waals surface area contributed by atoms with Crippen LogP contribution < -0.4 is 14.8 Å². The Morgan fingerprint density at radius 3 is 2.52 bits per heavy atom. The lowest BCUT2D eigenvalue weighted by atomic mass is 10.1. The van der Waals surface area contributed by atoms with E-state index < -0.39 is 0 Å². The third-order valence-electron chi connectivity index (χ3n) is 3.58. The maximum absolute atomic E-state index is 12.2. The van der Waals surface area contributed by atoms with Crippen LogP contribution in [0.15, 0.2) is 41.3 Å². The van der Waals surface area contributed by atoms with Crippen LogP contribution in [0.3, 0.4) is 0 Å². The normalized spacial score (nSPS) is 12.1. The molecule has 130 valence electrons. The topological polar surface area (TPSA) is 64.6 Å². The molecule has 0 fully saturated rings. The Morgan fingerprint density at radius 1 is 1.16 bits per heavy atom. The fourth-order valence-electron chi connectivity index (χ4n) is 2.34. The zero-order chi connectivity index (χ0) is 17.8. The summed E-state index contributed by atoms with van der Waals surface area (Å²) in [5.74, 6) is 1.34. The molecule has 2 aromatic rings. The first-order valence-corrected chi connectivity index (χ1v) is 9.02. The molecule has 0 unspecified atom stereocenters. The van der Waals surface area contributed by atoms with Crippen molar-refractivity contribution in [3.63, 3.8) is 0 Å². The fraction of sp³-hybridized carbons (Fsp3) is 0.222. The second kappa shape index (κ2) is 7.80. The van der Waals surface area contributed by atoms with E-state index in [1.165, 1.54) is 6.92 Å². The van der Waals surface area contributed by atoms with Gasteiger partial charge >= 0.3 is 0 Å². The molecule has 0 saturated carbocycles. The largest absolute Gasteiger partial charge is 0.454 e. The SMILES string of the molecule is CC(=O)c1cc2c(cc1NC(=O)CCSc1ccc(Cl)cc1)OCO2. The van der Waals surface area contributed by atoms with E-state index in [1.807, 2.05) is 24.3 Å². The van der Waals surface area contributed by atoms with Crippen LogP contribution in [0.2, 0.25) is 5.02 Å². The van der Waals surface area contributed by atoms with Gasteiger partial charge in [-0.1, -0.05) is 11.6 Å². The molecule has 25 heavy (non-hydrogen) atoms. The quantitative estimate of drug-likeness (QED) is 0.597. The highest BCUT2D eigenvalue weighted by atomic mass is 35.5. The Morgan fingerprint density at radius 2 is 1.84 bits per heavy atom. The third-order valence-corrected chi connectivity index (χ3v) is 4.84. The molecule has 0 bridgehead atoms. The van der Waals surface area contributed by atoms with Crippen molar-refractivity contribution in [1.82, 2.24) is 0 Å². The standard InChI is InChI=1S/C18H16ClNO4S/c1-11(21)14-8-16-17(24-10-23-16)9-15(14)20-18(22)6-7-25-13-4-2-12(19)3-5-13/h2-5,8-9H,6-7,10H2,1H3,(H,20,22). The minimum Gasteiger partial charge on any atom is -0.454 e. The van der Waals surface area contributed by atoms with Crippen LogP contribution in [-0.2, 0) is 4.79 Å². The van der Waals surface area contributed by atoms with Gasteiger partial charge in [-0.3, -0.25) is 9.59 Å². The summed E-state index contributed by atoms with van der Waals surface area (Å²) in [6.45, 7) is 1.56. The minimum atomic E-state index is -0.164. The highest BCUT2D eigenvalue weighted by molar-refractivity contribution is 7.99. The molecule has 0 aliphatic carbocycles. The maximum atomic E-state index is 12.2. The number of thioether (sulfide) groups is 1. The molecular formula is C18H16ClNO4S. The number of hydrogen-bond acceptors (Lipinski definition) is 5. The van der Waals surface area contributed by atoms with Crippen LogP contribution in [-0.4, -0.2) is 24.2 Å². The zero-order valence-electron chi connectivity index (χ0n) is 13.5.